The Balaban J connectivity index is 2.13. The van der Waals surface area contributed by atoms with Crippen LogP contribution in [-0.4, -0.2) is 24.9 Å². The molecule has 0 saturated carbocycles. The molecule has 0 unspecified atom stereocenters. The fourth-order valence-corrected chi connectivity index (χ4v) is 2.80. The minimum Gasteiger partial charge on any atom is -0.382 e. The van der Waals surface area contributed by atoms with Crippen molar-refractivity contribution in [2.45, 2.75) is 25.0 Å². The highest BCUT2D eigenvalue weighted by molar-refractivity contribution is 5.30. The molecule has 1 N–H and O–H groups in total. The third-order valence-corrected chi connectivity index (χ3v) is 4.18. The molecule has 0 amide bonds. The first-order valence-corrected chi connectivity index (χ1v) is 7.52. The Kier molecular flexibility index (Phi) is 4.54. The number of hydrogen-bond acceptors (Lipinski definition) is 4. The Labute approximate surface area is 141 Å². The van der Waals surface area contributed by atoms with Gasteiger partial charge in [0, 0.05) is 23.7 Å². The third kappa shape index (κ3) is 3.25. The Morgan fingerprint density at radius 3 is 2.64 bits per heavy atom. The van der Waals surface area contributed by atoms with Crippen LogP contribution in [0.2, 0.25) is 0 Å². The van der Waals surface area contributed by atoms with Crippen LogP contribution < -0.4 is 0 Å². The van der Waals surface area contributed by atoms with E-state index >= 15 is 0 Å². The molecule has 3 aromatic rings. The van der Waals surface area contributed by atoms with Gasteiger partial charge in [-0.15, -0.1) is 0 Å². The zero-order chi connectivity index (χ0) is 18.0. The molecular weight excluding hydrogens is 333 g/mol. The monoisotopic (exact) mass is 348 g/mol. The minimum absolute atomic E-state index is 0.0335. The van der Waals surface area contributed by atoms with Gasteiger partial charge in [-0.25, -0.2) is 22.8 Å². The molecule has 2 aromatic heterocycles. The van der Waals surface area contributed by atoms with Crippen LogP contribution in [0.5, 0.6) is 0 Å². The second-order valence-electron chi connectivity index (χ2n) is 5.73. The number of hydrogen-bond donors (Lipinski definition) is 1. The summed E-state index contributed by atoms with van der Waals surface area (Å²) >= 11 is 0. The molecule has 0 fully saturated rings. The maximum absolute atomic E-state index is 14.4. The normalized spacial score (nSPS) is 14.9. The predicted octanol–water partition coefficient (Wildman–Crippen LogP) is 2.78. The molecule has 0 bridgehead atoms. The van der Waals surface area contributed by atoms with Gasteiger partial charge in [-0.1, -0.05) is 13.0 Å². The Morgan fingerprint density at radius 1 is 1.20 bits per heavy atom. The van der Waals surface area contributed by atoms with Gasteiger partial charge in [-0.3, -0.25) is 4.98 Å². The standard InChI is InChI=1S/C17H15F3N4O/c1-11(16-14(19)3-2-6-22-16)17(25,8-24-10-21-9-23-24)13-5-4-12(18)7-15(13)20/h2-7,9-11,25H,8H2,1H3/t11-,17+/m1/s1. The molecule has 0 aliphatic carbocycles. The lowest BCUT2D eigenvalue weighted by molar-refractivity contribution is -0.0133. The number of benzene rings is 1. The first-order valence-electron chi connectivity index (χ1n) is 7.52. The van der Waals surface area contributed by atoms with Crippen LogP contribution in [-0.2, 0) is 12.1 Å². The van der Waals surface area contributed by atoms with Crippen LogP contribution in [0.3, 0.4) is 0 Å². The fourth-order valence-electron chi connectivity index (χ4n) is 2.80. The van der Waals surface area contributed by atoms with E-state index in [2.05, 4.69) is 15.1 Å². The number of halogens is 3. The van der Waals surface area contributed by atoms with Crippen molar-refractivity contribution in [2.75, 3.05) is 0 Å². The molecule has 1 aromatic carbocycles. The fraction of sp³-hybridized carbons (Fsp3) is 0.235. The van der Waals surface area contributed by atoms with E-state index in [4.69, 9.17) is 0 Å². The van der Waals surface area contributed by atoms with Gasteiger partial charge in [0.25, 0.3) is 0 Å². The highest BCUT2D eigenvalue weighted by Crippen LogP contribution is 2.39. The van der Waals surface area contributed by atoms with Gasteiger partial charge in [0.1, 0.15) is 35.7 Å². The maximum atomic E-state index is 14.4. The average Bonchev–Trinajstić information content (AvgIpc) is 3.07. The maximum Gasteiger partial charge on any atom is 0.145 e. The highest BCUT2D eigenvalue weighted by Gasteiger charge is 2.41. The summed E-state index contributed by atoms with van der Waals surface area (Å²) in [4.78, 5) is 7.75. The van der Waals surface area contributed by atoms with E-state index < -0.39 is 29.0 Å². The second-order valence-corrected chi connectivity index (χ2v) is 5.73. The third-order valence-electron chi connectivity index (χ3n) is 4.18. The smallest absolute Gasteiger partial charge is 0.145 e. The van der Waals surface area contributed by atoms with Crippen molar-refractivity contribution >= 4 is 0 Å². The summed E-state index contributed by atoms with van der Waals surface area (Å²) in [5.74, 6) is -3.29. The zero-order valence-electron chi connectivity index (χ0n) is 13.3. The van der Waals surface area contributed by atoms with Crippen LogP contribution >= 0.6 is 0 Å². The molecular formula is C17H15F3N4O. The molecule has 0 aliphatic rings. The molecule has 130 valence electrons. The largest absolute Gasteiger partial charge is 0.382 e. The summed E-state index contributed by atoms with van der Waals surface area (Å²) in [7, 11) is 0. The summed E-state index contributed by atoms with van der Waals surface area (Å²) in [5, 5.41) is 15.2. The topological polar surface area (TPSA) is 63.8 Å². The quantitative estimate of drug-likeness (QED) is 0.770. The van der Waals surface area contributed by atoms with Gasteiger partial charge < -0.3 is 5.11 Å². The van der Waals surface area contributed by atoms with Gasteiger partial charge in [-0.2, -0.15) is 5.10 Å². The lowest BCUT2D eigenvalue weighted by atomic mass is 9.79. The zero-order valence-corrected chi connectivity index (χ0v) is 13.3. The van der Waals surface area contributed by atoms with Crippen molar-refractivity contribution in [3.05, 3.63) is 77.9 Å². The van der Waals surface area contributed by atoms with E-state index in [9.17, 15) is 18.3 Å². The molecule has 25 heavy (non-hydrogen) atoms. The van der Waals surface area contributed by atoms with Crippen LogP contribution in [0.15, 0.2) is 49.2 Å². The second kappa shape index (κ2) is 6.64. The predicted molar refractivity (Wildman–Crippen MR) is 82.9 cm³/mol. The lowest BCUT2D eigenvalue weighted by Crippen LogP contribution is -2.39. The molecule has 0 radical (unpaired) electrons. The first-order chi connectivity index (χ1) is 11.9. The van der Waals surface area contributed by atoms with Crippen LogP contribution in [0.4, 0.5) is 13.2 Å². The van der Waals surface area contributed by atoms with Crippen molar-refractivity contribution < 1.29 is 18.3 Å². The van der Waals surface area contributed by atoms with Gasteiger partial charge in [0.05, 0.1) is 12.2 Å². The Morgan fingerprint density at radius 2 is 2.00 bits per heavy atom. The summed E-state index contributed by atoms with van der Waals surface area (Å²) in [6, 6.07) is 5.46. The van der Waals surface area contributed by atoms with E-state index in [1.807, 2.05) is 0 Å². The molecule has 2 atom stereocenters. The van der Waals surface area contributed by atoms with Gasteiger partial charge in [0.2, 0.25) is 0 Å². The summed E-state index contributed by atoms with van der Waals surface area (Å²) in [6.45, 7) is 1.30. The number of aromatic nitrogens is 4. The SMILES string of the molecule is C[C@H](c1ncccc1F)[C@@](O)(Cn1cncn1)c1ccc(F)cc1F. The number of pyridine rings is 1. The van der Waals surface area contributed by atoms with E-state index in [0.717, 1.165) is 12.1 Å². The highest BCUT2D eigenvalue weighted by atomic mass is 19.1. The lowest BCUT2D eigenvalue weighted by Gasteiger charge is -2.34. The molecule has 0 spiro atoms. The molecule has 3 rings (SSSR count). The van der Waals surface area contributed by atoms with E-state index in [0.29, 0.717) is 6.07 Å². The number of nitrogens with zero attached hydrogens (tertiary/aromatic N) is 4. The van der Waals surface area contributed by atoms with Gasteiger partial charge in [0.15, 0.2) is 0 Å². The van der Waals surface area contributed by atoms with Crippen molar-refractivity contribution in [3.63, 3.8) is 0 Å². The molecule has 5 nitrogen and oxygen atoms in total. The van der Waals surface area contributed by atoms with Gasteiger partial charge >= 0.3 is 0 Å². The van der Waals surface area contributed by atoms with Crippen molar-refractivity contribution in [2.24, 2.45) is 0 Å². The molecule has 2 heterocycles. The number of aliphatic hydroxyl groups is 1. The summed E-state index contributed by atoms with van der Waals surface area (Å²) in [5.41, 5.74) is -2.14. The number of rotatable bonds is 5. The van der Waals surface area contributed by atoms with Crippen molar-refractivity contribution in [1.29, 1.82) is 0 Å². The Bertz CT molecular complexity index is 872. The van der Waals surface area contributed by atoms with E-state index in [-0.39, 0.29) is 17.8 Å². The summed E-state index contributed by atoms with van der Waals surface area (Å²) < 4.78 is 43.1. The van der Waals surface area contributed by atoms with Crippen LogP contribution in [0, 0.1) is 17.5 Å². The Hall–Kier alpha value is -2.74. The first kappa shape index (κ1) is 17.1. The van der Waals surface area contributed by atoms with E-state index in [1.165, 1.54) is 42.6 Å². The van der Waals surface area contributed by atoms with Crippen molar-refractivity contribution in [1.82, 2.24) is 19.7 Å². The van der Waals surface area contributed by atoms with Crippen molar-refractivity contribution in [3.8, 4) is 0 Å². The average molecular weight is 348 g/mol. The van der Waals surface area contributed by atoms with Crippen LogP contribution in [0.25, 0.3) is 0 Å². The molecule has 0 saturated heterocycles. The molecule has 8 heteroatoms. The van der Waals surface area contributed by atoms with E-state index in [1.54, 1.807) is 0 Å². The molecule has 0 aliphatic heterocycles. The summed E-state index contributed by atoms with van der Waals surface area (Å²) in [6.07, 6.45) is 3.98. The van der Waals surface area contributed by atoms with Crippen LogP contribution in [0.1, 0.15) is 24.1 Å². The minimum atomic E-state index is -1.93. The van der Waals surface area contributed by atoms with Gasteiger partial charge in [-0.05, 0) is 18.2 Å².